The molecule has 5 rings (SSSR count). The van der Waals surface area contributed by atoms with Gasteiger partial charge in [-0.3, -0.25) is 10.3 Å². The van der Waals surface area contributed by atoms with E-state index < -0.39 is 0 Å². The number of piperidine rings is 1. The van der Waals surface area contributed by atoms with Gasteiger partial charge in [-0.25, -0.2) is 0 Å². The average Bonchev–Trinajstić information content (AvgIpc) is 3.28. The molecular weight excluding hydrogens is 418 g/mol. The van der Waals surface area contributed by atoms with E-state index >= 15 is 0 Å². The number of likely N-dealkylation sites (tertiary alicyclic amines) is 1. The van der Waals surface area contributed by atoms with Crippen LogP contribution in [0.4, 0.5) is 11.5 Å². The third-order valence-electron chi connectivity index (χ3n) is 6.11. The minimum atomic E-state index is 0.393. The quantitative estimate of drug-likeness (QED) is 0.403. The van der Waals surface area contributed by atoms with E-state index in [1.54, 1.807) is 6.21 Å². The number of benzene rings is 1. The van der Waals surface area contributed by atoms with Gasteiger partial charge in [0.15, 0.2) is 0 Å². The van der Waals surface area contributed by atoms with Crippen LogP contribution in [-0.4, -0.2) is 78.6 Å². The summed E-state index contributed by atoms with van der Waals surface area (Å²) >= 11 is 0. The Morgan fingerprint density at radius 1 is 1.09 bits per heavy atom. The van der Waals surface area contributed by atoms with E-state index in [0.29, 0.717) is 31.5 Å². The average molecular weight is 450 g/mol. The molecule has 2 aliphatic rings. The molecule has 9 heteroatoms. The van der Waals surface area contributed by atoms with Gasteiger partial charge in [-0.1, -0.05) is 24.6 Å². The molecule has 0 spiro atoms. The summed E-state index contributed by atoms with van der Waals surface area (Å²) in [5.74, 6) is 0.842. The number of anilines is 2. The standard InChI is InChI=1S/C24H31N7O2/c1-4-8-30(9-5-1)10-15-33-24-27-19(16-23(28-24)31-11-13-32-14-12-31)17-26-29-22-18-25-21-7-3-2-6-20(21)22/h2-3,6-7,16-18,25,29H,1,4-5,8-15H2/b26-17+. The minimum absolute atomic E-state index is 0.393. The fourth-order valence-electron chi connectivity index (χ4n) is 4.30. The van der Waals surface area contributed by atoms with Crippen LogP contribution >= 0.6 is 0 Å². The molecule has 174 valence electrons. The van der Waals surface area contributed by atoms with Gasteiger partial charge in [-0.15, -0.1) is 0 Å². The number of aromatic amines is 1. The molecule has 2 saturated heterocycles. The first kappa shape index (κ1) is 21.7. The van der Waals surface area contributed by atoms with Crippen molar-refractivity contribution in [2.24, 2.45) is 5.10 Å². The van der Waals surface area contributed by atoms with Crippen molar-refractivity contribution in [1.82, 2.24) is 19.9 Å². The van der Waals surface area contributed by atoms with Gasteiger partial charge < -0.3 is 19.4 Å². The Hall–Kier alpha value is -3.17. The van der Waals surface area contributed by atoms with Crippen molar-refractivity contribution >= 4 is 28.6 Å². The van der Waals surface area contributed by atoms with Gasteiger partial charge in [-0.2, -0.15) is 15.1 Å². The normalized spacial score (nSPS) is 17.6. The van der Waals surface area contributed by atoms with Crippen LogP contribution in [0.25, 0.3) is 10.9 Å². The first-order valence-electron chi connectivity index (χ1n) is 11.8. The van der Waals surface area contributed by atoms with Crippen LogP contribution in [0.2, 0.25) is 0 Å². The summed E-state index contributed by atoms with van der Waals surface area (Å²) in [5, 5.41) is 5.51. The monoisotopic (exact) mass is 449 g/mol. The Balaban J connectivity index is 1.29. The summed E-state index contributed by atoms with van der Waals surface area (Å²) < 4.78 is 11.5. The molecule has 9 nitrogen and oxygen atoms in total. The van der Waals surface area contributed by atoms with Crippen molar-refractivity contribution < 1.29 is 9.47 Å². The number of H-pyrrole nitrogens is 1. The lowest BCUT2D eigenvalue weighted by Crippen LogP contribution is -2.37. The van der Waals surface area contributed by atoms with Gasteiger partial charge in [0.1, 0.15) is 12.4 Å². The lowest BCUT2D eigenvalue weighted by atomic mass is 10.1. The highest BCUT2D eigenvalue weighted by Crippen LogP contribution is 2.22. The molecule has 3 aromatic rings. The van der Waals surface area contributed by atoms with Crippen molar-refractivity contribution in [2.45, 2.75) is 19.3 Å². The van der Waals surface area contributed by atoms with Crippen molar-refractivity contribution in [3.8, 4) is 6.01 Å². The van der Waals surface area contributed by atoms with Gasteiger partial charge in [0.05, 0.1) is 30.8 Å². The van der Waals surface area contributed by atoms with E-state index in [1.165, 1.54) is 19.3 Å². The highest BCUT2D eigenvalue weighted by atomic mass is 16.5. The molecule has 0 radical (unpaired) electrons. The molecule has 1 aromatic carbocycles. The van der Waals surface area contributed by atoms with E-state index in [1.807, 2.05) is 30.5 Å². The second-order valence-corrected chi connectivity index (χ2v) is 8.40. The van der Waals surface area contributed by atoms with E-state index in [-0.39, 0.29) is 0 Å². The van der Waals surface area contributed by atoms with Gasteiger partial charge in [0.25, 0.3) is 0 Å². The number of ether oxygens (including phenoxy) is 2. The van der Waals surface area contributed by atoms with Gasteiger partial charge >= 0.3 is 6.01 Å². The number of hydrazone groups is 1. The predicted molar refractivity (Wildman–Crippen MR) is 130 cm³/mol. The molecule has 0 bridgehead atoms. The number of morpholine rings is 1. The highest BCUT2D eigenvalue weighted by Gasteiger charge is 2.16. The maximum absolute atomic E-state index is 5.98. The number of fused-ring (bicyclic) bond motifs is 1. The maximum Gasteiger partial charge on any atom is 0.319 e. The largest absolute Gasteiger partial charge is 0.462 e. The zero-order valence-electron chi connectivity index (χ0n) is 18.9. The van der Waals surface area contributed by atoms with E-state index in [4.69, 9.17) is 9.47 Å². The highest BCUT2D eigenvalue weighted by molar-refractivity contribution is 5.92. The Labute approximate surface area is 193 Å². The Bertz CT molecular complexity index is 1070. The number of hydrogen-bond acceptors (Lipinski definition) is 8. The number of nitrogens with one attached hydrogen (secondary N) is 2. The molecule has 0 amide bonds. The summed E-state index contributed by atoms with van der Waals surface area (Å²) in [6.07, 6.45) is 7.50. The first-order valence-corrected chi connectivity index (χ1v) is 11.8. The molecule has 0 unspecified atom stereocenters. The van der Waals surface area contributed by atoms with Crippen LogP contribution in [0.1, 0.15) is 25.0 Å². The zero-order chi connectivity index (χ0) is 22.3. The maximum atomic E-state index is 5.98. The van der Waals surface area contributed by atoms with E-state index in [9.17, 15) is 0 Å². The third-order valence-corrected chi connectivity index (χ3v) is 6.11. The summed E-state index contributed by atoms with van der Waals surface area (Å²) in [6.45, 7) is 6.77. The van der Waals surface area contributed by atoms with Crippen molar-refractivity contribution in [2.75, 3.05) is 62.9 Å². The SMILES string of the molecule is C(=N\Nc1c[nH]c2ccccc12)/c1cc(N2CCOCC2)nc(OCCN2CCCCC2)n1. The fourth-order valence-corrected chi connectivity index (χ4v) is 4.30. The van der Waals surface area contributed by atoms with Gasteiger partial charge in [0.2, 0.25) is 0 Å². The number of nitrogens with zero attached hydrogens (tertiary/aromatic N) is 5. The molecule has 33 heavy (non-hydrogen) atoms. The molecule has 4 heterocycles. The van der Waals surface area contributed by atoms with Gasteiger partial charge in [0, 0.05) is 42.8 Å². The van der Waals surface area contributed by atoms with Crippen LogP contribution < -0.4 is 15.1 Å². The summed E-state index contributed by atoms with van der Waals surface area (Å²) in [5.41, 5.74) is 5.80. The third kappa shape index (κ3) is 5.61. The van der Waals surface area contributed by atoms with Crippen LogP contribution in [0.3, 0.4) is 0 Å². The summed E-state index contributed by atoms with van der Waals surface area (Å²) in [7, 11) is 0. The molecule has 2 N–H and O–H groups in total. The second kappa shape index (κ2) is 10.6. The number of aromatic nitrogens is 3. The minimum Gasteiger partial charge on any atom is -0.462 e. The summed E-state index contributed by atoms with van der Waals surface area (Å²) in [6, 6.07) is 10.5. The zero-order valence-corrected chi connectivity index (χ0v) is 18.9. The molecular formula is C24H31N7O2. The Morgan fingerprint density at radius 3 is 2.82 bits per heavy atom. The van der Waals surface area contributed by atoms with E-state index in [2.05, 4.69) is 41.3 Å². The van der Waals surface area contributed by atoms with Crippen molar-refractivity contribution in [3.05, 3.63) is 42.2 Å². The smallest absolute Gasteiger partial charge is 0.319 e. The van der Waals surface area contributed by atoms with Crippen LogP contribution in [0, 0.1) is 0 Å². The Kier molecular flexibility index (Phi) is 6.98. The molecule has 0 aliphatic carbocycles. The van der Waals surface area contributed by atoms with E-state index in [0.717, 1.165) is 55.1 Å². The van der Waals surface area contributed by atoms with Crippen LogP contribution in [0.5, 0.6) is 6.01 Å². The first-order chi connectivity index (χ1) is 16.3. The lowest BCUT2D eigenvalue weighted by molar-refractivity contribution is 0.122. The number of para-hydroxylation sites is 1. The van der Waals surface area contributed by atoms with Crippen molar-refractivity contribution in [1.29, 1.82) is 0 Å². The molecule has 2 fully saturated rings. The van der Waals surface area contributed by atoms with Crippen LogP contribution in [0.15, 0.2) is 41.6 Å². The second-order valence-electron chi connectivity index (χ2n) is 8.40. The fraction of sp³-hybridized carbons (Fsp3) is 0.458. The van der Waals surface area contributed by atoms with Gasteiger partial charge in [-0.05, 0) is 32.0 Å². The Morgan fingerprint density at radius 2 is 1.94 bits per heavy atom. The van der Waals surface area contributed by atoms with Crippen molar-refractivity contribution in [3.63, 3.8) is 0 Å². The summed E-state index contributed by atoms with van der Waals surface area (Å²) in [4.78, 5) is 17.1. The number of rotatable bonds is 8. The molecule has 0 atom stereocenters. The number of hydrogen-bond donors (Lipinski definition) is 2. The molecule has 2 aliphatic heterocycles. The van der Waals surface area contributed by atoms with Crippen LogP contribution in [-0.2, 0) is 4.74 Å². The predicted octanol–water partition coefficient (Wildman–Crippen LogP) is 3.11. The molecule has 0 saturated carbocycles. The molecule has 2 aromatic heterocycles. The lowest BCUT2D eigenvalue weighted by Gasteiger charge is -2.28. The topological polar surface area (TPSA) is 90.9 Å².